The van der Waals surface area contributed by atoms with Crippen molar-refractivity contribution >= 4 is 21.6 Å². The Bertz CT molecular complexity index is 874. The summed E-state index contributed by atoms with van der Waals surface area (Å²) in [6.45, 7) is 5.89. The average Bonchev–Trinajstić information content (AvgIpc) is 2.68. The van der Waals surface area contributed by atoms with Crippen LogP contribution in [-0.4, -0.2) is 49.7 Å². The number of sulfonamides is 1. The Kier molecular flexibility index (Phi) is 5.94. The first-order chi connectivity index (χ1) is 12.9. The van der Waals surface area contributed by atoms with Gasteiger partial charge in [0.05, 0.1) is 4.90 Å². The lowest BCUT2D eigenvalue weighted by Gasteiger charge is -2.37. The summed E-state index contributed by atoms with van der Waals surface area (Å²) in [4.78, 5) is 13.6. The lowest BCUT2D eigenvalue weighted by Crippen LogP contribution is -2.49. The van der Waals surface area contributed by atoms with Crippen LogP contribution >= 0.6 is 0 Å². The van der Waals surface area contributed by atoms with E-state index < -0.39 is 10.0 Å². The third-order valence-corrected chi connectivity index (χ3v) is 6.83. The van der Waals surface area contributed by atoms with E-state index in [-0.39, 0.29) is 16.8 Å². The van der Waals surface area contributed by atoms with Crippen LogP contribution in [0, 0.1) is 0 Å². The van der Waals surface area contributed by atoms with E-state index in [1.807, 2.05) is 18.2 Å². The normalized spacial score (nSPS) is 17.4. The molecule has 0 aliphatic carbocycles. The molecule has 1 amide bonds. The van der Waals surface area contributed by atoms with Gasteiger partial charge in [-0.25, -0.2) is 8.42 Å². The van der Waals surface area contributed by atoms with Gasteiger partial charge < -0.3 is 5.32 Å². The Hall–Kier alpha value is -2.22. The number of carbonyl (C=O) groups is 1. The number of nitrogens with one attached hydrogen (secondary N) is 1. The standard InChI is InChI=1S/C20H25N3O3S/c1-16(18-6-4-3-5-7-18)22-12-14-23(15-13-22)27(25,26)20-10-8-19(9-11-20)21-17(2)24/h3-11,16H,12-15H2,1-2H3,(H,21,24). The summed E-state index contributed by atoms with van der Waals surface area (Å²) in [5.74, 6) is -0.186. The summed E-state index contributed by atoms with van der Waals surface area (Å²) in [5, 5.41) is 2.64. The highest BCUT2D eigenvalue weighted by Gasteiger charge is 2.30. The molecule has 1 atom stereocenters. The summed E-state index contributed by atoms with van der Waals surface area (Å²) in [6.07, 6.45) is 0. The van der Waals surface area contributed by atoms with E-state index in [9.17, 15) is 13.2 Å². The third kappa shape index (κ3) is 4.55. The van der Waals surface area contributed by atoms with E-state index in [0.29, 0.717) is 31.9 Å². The molecule has 0 saturated carbocycles. The molecule has 2 aromatic rings. The minimum absolute atomic E-state index is 0.186. The highest BCUT2D eigenvalue weighted by molar-refractivity contribution is 7.89. The van der Waals surface area contributed by atoms with Crippen LogP contribution in [0.3, 0.4) is 0 Å². The molecule has 0 bridgehead atoms. The van der Waals surface area contributed by atoms with Gasteiger partial charge in [0.2, 0.25) is 15.9 Å². The van der Waals surface area contributed by atoms with Gasteiger partial charge in [-0.15, -0.1) is 0 Å². The highest BCUT2D eigenvalue weighted by Crippen LogP contribution is 2.24. The predicted octanol–water partition coefficient (Wildman–Crippen LogP) is 2.71. The molecule has 1 N–H and O–H groups in total. The number of benzene rings is 2. The lowest BCUT2D eigenvalue weighted by atomic mass is 10.1. The predicted molar refractivity (Wildman–Crippen MR) is 106 cm³/mol. The summed E-state index contributed by atoms with van der Waals surface area (Å²) in [6, 6.07) is 16.8. The maximum Gasteiger partial charge on any atom is 0.243 e. The molecule has 1 heterocycles. The lowest BCUT2D eigenvalue weighted by molar-refractivity contribution is -0.114. The maximum atomic E-state index is 12.9. The number of nitrogens with zero attached hydrogens (tertiary/aromatic N) is 2. The smallest absolute Gasteiger partial charge is 0.243 e. The zero-order chi connectivity index (χ0) is 19.4. The minimum atomic E-state index is -3.53. The Morgan fingerprint density at radius 3 is 2.11 bits per heavy atom. The van der Waals surface area contributed by atoms with Crippen molar-refractivity contribution < 1.29 is 13.2 Å². The van der Waals surface area contributed by atoms with Gasteiger partial charge in [0, 0.05) is 44.8 Å². The van der Waals surface area contributed by atoms with E-state index in [0.717, 1.165) is 0 Å². The third-order valence-electron chi connectivity index (χ3n) is 4.92. The number of rotatable bonds is 5. The van der Waals surface area contributed by atoms with Crippen molar-refractivity contribution in [1.82, 2.24) is 9.21 Å². The van der Waals surface area contributed by atoms with Crippen molar-refractivity contribution in [1.29, 1.82) is 0 Å². The maximum absolute atomic E-state index is 12.9. The Morgan fingerprint density at radius 2 is 1.56 bits per heavy atom. The van der Waals surface area contributed by atoms with Gasteiger partial charge in [-0.2, -0.15) is 4.31 Å². The molecule has 144 valence electrons. The van der Waals surface area contributed by atoms with Crippen LogP contribution in [0.2, 0.25) is 0 Å². The first-order valence-electron chi connectivity index (χ1n) is 9.05. The fourth-order valence-corrected chi connectivity index (χ4v) is 4.76. The Morgan fingerprint density at radius 1 is 0.963 bits per heavy atom. The van der Waals surface area contributed by atoms with Gasteiger partial charge in [-0.05, 0) is 36.8 Å². The molecular weight excluding hydrogens is 362 g/mol. The van der Waals surface area contributed by atoms with Crippen LogP contribution < -0.4 is 5.32 Å². The number of anilines is 1. The molecule has 0 radical (unpaired) electrons. The topological polar surface area (TPSA) is 69.7 Å². The fraction of sp³-hybridized carbons (Fsp3) is 0.350. The van der Waals surface area contributed by atoms with Gasteiger partial charge in [-0.1, -0.05) is 30.3 Å². The Balaban J connectivity index is 1.65. The zero-order valence-electron chi connectivity index (χ0n) is 15.6. The van der Waals surface area contributed by atoms with E-state index >= 15 is 0 Å². The number of piperazine rings is 1. The summed E-state index contributed by atoms with van der Waals surface area (Å²) in [5.41, 5.74) is 1.82. The van der Waals surface area contributed by atoms with Crippen molar-refractivity contribution in [2.45, 2.75) is 24.8 Å². The van der Waals surface area contributed by atoms with Crippen molar-refractivity contribution in [2.75, 3.05) is 31.5 Å². The van der Waals surface area contributed by atoms with Gasteiger partial charge in [0.25, 0.3) is 0 Å². The first kappa shape index (κ1) is 19.5. The quantitative estimate of drug-likeness (QED) is 0.856. The van der Waals surface area contributed by atoms with Gasteiger partial charge in [-0.3, -0.25) is 9.69 Å². The number of amides is 1. The molecule has 1 aliphatic heterocycles. The van der Waals surface area contributed by atoms with E-state index in [1.54, 1.807) is 24.3 Å². The zero-order valence-corrected chi connectivity index (χ0v) is 16.4. The molecule has 0 spiro atoms. The molecule has 3 rings (SSSR count). The summed E-state index contributed by atoms with van der Waals surface area (Å²) < 4.78 is 27.3. The molecular formula is C20H25N3O3S. The first-order valence-corrected chi connectivity index (χ1v) is 10.5. The van der Waals surface area contributed by atoms with Gasteiger partial charge in [0.15, 0.2) is 0 Å². The van der Waals surface area contributed by atoms with Crippen molar-refractivity contribution in [3.05, 3.63) is 60.2 Å². The molecule has 7 heteroatoms. The molecule has 2 aromatic carbocycles. The molecule has 1 saturated heterocycles. The largest absolute Gasteiger partial charge is 0.326 e. The second-order valence-corrected chi connectivity index (χ2v) is 8.67. The van der Waals surface area contributed by atoms with Crippen LogP contribution in [-0.2, 0) is 14.8 Å². The second-order valence-electron chi connectivity index (χ2n) is 6.73. The van der Waals surface area contributed by atoms with Crippen molar-refractivity contribution in [3.8, 4) is 0 Å². The van der Waals surface area contributed by atoms with E-state index in [4.69, 9.17) is 0 Å². The monoisotopic (exact) mass is 387 g/mol. The van der Waals surface area contributed by atoms with Crippen molar-refractivity contribution in [3.63, 3.8) is 0 Å². The van der Waals surface area contributed by atoms with Gasteiger partial charge in [0.1, 0.15) is 0 Å². The molecule has 6 nitrogen and oxygen atoms in total. The number of hydrogen-bond acceptors (Lipinski definition) is 4. The SMILES string of the molecule is CC(=O)Nc1ccc(S(=O)(=O)N2CCN(C(C)c3ccccc3)CC2)cc1. The Labute approximate surface area is 160 Å². The van der Waals surface area contributed by atoms with Crippen LogP contribution in [0.1, 0.15) is 25.5 Å². The number of carbonyl (C=O) groups excluding carboxylic acids is 1. The minimum Gasteiger partial charge on any atom is -0.326 e. The van der Waals surface area contributed by atoms with Crippen LogP contribution in [0.5, 0.6) is 0 Å². The van der Waals surface area contributed by atoms with Crippen LogP contribution in [0.4, 0.5) is 5.69 Å². The van der Waals surface area contributed by atoms with Crippen LogP contribution in [0.25, 0.3) is 0 Å². The average molecular weight is 388 g/mol. The van der Waals surface area contributed by atoms with E-state index in [2.05, 4.69) is 29.3 Å². The highest BCUT2D eigenvalue weighted by atomic mass is 32.2. The van der Waals surface area contributed by atoms with E-state index in [1.165, 1.54) is 16.8 Å². The molecule has 0 aromatic heterocycles. The van der Waals surface area contributed by atoms with Crippen LogP contribution in [0.15, 0.2) is 59.5 Å². The second kappa shape index (κ2) is 8.21. The van der Waals surface area contributed by atoms with Crippen molar-refractivity contribution in [2.24, 2.45) is 0 Å². The molecule has 1 aliphatic rings. The molecule has 1 unspecified atom stereocenters. The fourth-order valence-electron chi connectivity index (χ4n) is 3.34. The molecule has 27 heavy (non-hydrogen) atoms. The molecule has 1 fully saturated rings. The summed E-state index contributed by atoms with van der Waals surface area (Å²) >= 11 is 0. The summed E-state index contributed by atoms with van der Waals surface area (Å²) in [7, 11) is -3.53. The van der Waals surface area contributed by atoms with Gasteiger partial charge >= 0.3 is 0 Å². The number of hydrogen-bond donors (Lipinski definition) is 1.